The second-order valence-electron chi connectivity index (χ2n) is 5.08. The van der Waals surface area contributed by atoms with Crippen LogP contribution in [0.25, 0.3) is 0 Å². The van der Waals surface area contributed by atoms with Crippen LogP contribution >= 0.6 is 15.9 Å². The minimum Gasteiger partial charge on any atom is -0.467 e. The molecule has 21 heavy (non-hydrogen) atoms. The van der Waals surface area contributed by atoms with E-state index in [1.165, 1.54) is 11.3 Å². The molecule has 2 rings (SSSR count). The predicted molar refractivity (Wildman–Crippen MR) is 91.7 cm³/mol. The summed E-state index contributed by atoms with van der Waals surface area (Å²) in [6, 6.07) is 10.8. The molecule has 3 nitrogen and oxygen atoms in total. The lowest BCUT2D eigenvalue weighted by atomic mass is 10.0. The normalized spacial score (nSPS) is 12.4. The van der Waals surface area contributed by atoms with Crippen LogP contribution in [0.4, 0.5) is 5.69 Å². The molecule has 1 N–H and O–H groups in total. The molecule has 4 heteroatoms. The highest BCUT2D eigenvalue weighted by molar-refractivity contribution is 9.10. The van der Waals surface area contributed by atoms with Gasteiger partial charge in [-0.05, 0) is 56.3 Å². The third-order valence-electron chi connectivity index (χ3n) is 3.62. The summed E-state index contributed by atoms with van der Waals surface area (Å²) in [4.78, 5) is 2.34. The van der Waals surface area contributed by atoms with Crippen molar-refractivity contribution in [3.05, 3.63) is 52.4 Å². The van der Waals surface area contributed by atoms with E-state index in [1.807, 2.05) is 12.1 Å². The molecule has 1 heterocycles. The maximum atomic E-state index is 5.49. The summed E-state index contributed by atoms with van der Waals surface area (Å²) in [5.41, 5.74) is 2.56. The van der Waals surface area contributed by atoms with E-state index in [2.05, 4.69) is 65.1 Å². The molecule has 0 amide bonds. The van der Waals surface area contributed by atoms with Gasteiger partial charge in [0, 0.05) is 22.7 Å². The summed E-state index contributed by atoms with van der Waals surface area (Å²) in [5.74, 6) is 0.988. The average Bonchev–Trinajstić information content (AvgIpc) is 2.98. The fraction of sp³-hybridized carbons (Fsp3) is 0.412. The molecule has 0 saturated carbocycles. The van der Waals surface area contributed by atoms with Crippen molar-refractivity contribution in [2.24, 2.45) is 0 Å². The number of hydrogen-bond donors (Lipinski definition) is 1. The summed E-state index contributed by atoms with van der Waals surface area (Å²) >= 11 is 3.58. The van der Waals surface area contributed by atoms with Crippen molar-refractivity contribution in [2.45, 2.75) is 33.4 Å². The van der Waals surface area contributed by atoms with Gasteiger partial charge in [0.2, 0.25) is 0 Å². The van der Waals surface area contributed by atoms with Crippen LogP contribution in [0.3, 0.4) is 0 Å². The topological polar surface area (TPSA) is 28.4 Å². The maximum Gasteiger partial charge on any atom is 0.123 e. The monoisotopic (exact) mass is 350 g/mol. The van der Waals surface area contributed by atoms with E-state index in [1.54, 1.807) is 6.26 Å². The van der Waals surface area contributed by atoms with Gasteiger partial charge < -0.3 is 14.6 Å². The van der Waals surface area contributed by atoms with Crippen LogP contribution in [0.2, 0.25) is 0 Å². The molecular weight excluding hydrogens is 328 g/mol. The van der Waals surface area contributed by atoms with Gasteiger partial charge in [-0.3, -0.25) is 0 Å². The summed E-state index contributed by atoms with van der Waals surface area (Å²) in [6.07, 6.45) is 1.73. The Kier molecular flexibility index (Phi) is 5.88. The van der Waals surface area contributed by atoms with Gasteiger partial charge in [-0.2, -0.15) is 0 Å². The smallest absolute Gasteiger partial charge is 0.123 e. The van der Waals surface area contributed by atoms with Crippen LogP contribution in [0, 0.1) is 0 Å². The fourth-order valence-electron chi connectivity index (χ4n) is 2.53. The van der Waals surface area contributed by atoms with Gasteiger partial charge in [0.15, 0.2) is 0 Å². The van der Waals surface area contributed by atoms with Crippen LogP contribution in [0.1, 0.15) is 38.1 Å². The molecule has 0 spiro atoms. The van der Waals surface area contributed by atoms with E-state index in [4.69, 9.17) is 4.42 Å². The fourth-order valence-corrected chi connectivity index (χ4v) is 2.91. The summed E-state index contributed by atoms with van der Waals surface area (Å²) in [6.45, 7) is 9.19. The number of nitrogens with zero attached hydrogens (tertiary/aromatic N) is 1. The highest BCUT2D eigenvalue weighted by atomic mass is 79.9. The number of nitrogens with one attached hydrogen (secondary N) is 1. The van der Waals surface area contributed by atoms with Crippen LogP contribution in [0.5, 0.6) is 0 Å². The summed E-state index contributed by atoms with van der Waals surface area (Å²) in [5, 5.41) is 3.50. The van der Waals surface area contributed by atoms with Gasteiger partial charge in [0.1, 0.15) is 5.76 Å². The zero-order chi connectivity index (χ0) is 15.2. The molecule has 0 bridgehead atoms. The third-order valence-corrected chi connectivity index (χ3v) is 4.11. The van der Waals surface area contributed by atoms with Gasteiger partial charge in [0.25, 0.3) is 0 Å². The first kappa shape index (κ1) is 16.1. The zero-order valence-electron chi connectivity index (χ0n) is 12.9. The standard InChI is InChI=1S/C17H23BrN2O/c1-4-19-13(3)16-11-14(18)8-9-17(16)20(5-2)12-15-7-6-10-21-15/h6-11,13,19H,4-5,12H2,1-3H3. The van der Waals surface area contributed by atoms with E-state index >= 15 is 0 Å². The minimum atomic E-state index is 0.313. The molecule has 1 aromatic heterocycles. The molecule has 1 unspecified atom stereocenters. The Labute approximate surface area is 135 Å². The van der Waals surface area contributed by atoms with Crippen molar-refractivity contribution in [2.75, 3.05) is 18.0 Å². The Morgan fingerprint density at radius 2 is 2.10 bits per heavy atom. The summed E-state index contributed by atoms with van der Waals surface area (Å²) < 4.78 is 6.60. The second-order valence-corrected chi connectivity index (χ2v) is 5.99. The van der Waals surface area contributed by atoms with E-state index in [-0.39, 0.29) is 0 Å². The first-order valence-electron chi connectivity index (χ1n) is 7.45. The average molecular weight is 351 g/mol. The molecule has 0 fully saturated rings. The molecule has 1 aromatic carbocycles. The first-order valence-corrected chi connectivity index (χ1v) is 8.25. The lowest BCUT2D eigenvalue weighted by Crippen LogP contribution is -2.26. The molecule has 0 radical (unpaired) electrons. The molecule has 1 atom stereocenters. The number of rotatable bonds is 7. The first-order chi connectivity index (χ1) is 10.2. The highest BCUT2D eigenvalue weighted by Gasteiger charge is 2.16. The SMILES string of the molecule is CCNC(C)c1cc(Br)ccc1N(CC)Cc1ccco1. The quantitative estimate of drug-likeness (QED) is 0.781. The largest absolute Gasteiger partial charge is 0.467 e. The lowest BCUT2D eigenvalue weighted by molar-refractivity contribution is 0.502. The minimum absolute atomic E-state index is 0.313. The Hall–Kier alpha value is -1.26. The Bertz CT molecular complexity index is 554. The Balaban J connectivity index is 2.31. The number of furan rings is 1. The van der Waals surface area contributed by atoms with E-state index in [9.17, 15) is 0 Å². The molecule has 0 saturated heterocycles. The molecule has 2 aromatic rings. The van der Waals surface area contributed by atoms with Gasteiger partial charge in [-0.15, -0.1) is 0 Å². The molecule has 0 aliphatic rings. The Morgan fingerprint density at radius 1 is 1.29 bits per heavy atom. The number of benzene rings is 1. The highest BCUT2D eigenvalue weighted by Crippen LogP contribution is 2.30. The van der Waals surface area contributed by atoms with Gasteiger partial charge in [0.05, 0.1) is 12.8 Å². The molecular formula is C17H23BrN2O. The van der Waals surface area contributed by atoms with Crippen LogP contribution in [-0.4, -0.2) is 13.1 Å². The molecule has 0 aliphatic carbocycles. The van der Waals surface area contributed by atoms with Gasteiger partial charge in [-0.1, -0.05) is 22.9 Å². The van der Waals surface area contributed by atoms with Crippen LogP contribution in [0.15, 0.2) is 45.5 Å². The second kappa shape index (κ2) is 7.66. The predicted octanol–water partition coefficient (Wildman–Crippen LogP) is 4.74. The van der Waals surface area contributed by atoms with Crippen LogP contribution in [-0.2, 0) is 6.54 Å². The number of hydrogen-bond acceptors (Lipinski definition) is 3. The Morgan fingerprint density at radius 3 is 2.71 bits per heavy atom. The van der Waals surface area contributed by atoms with Crippen molar-refractivity contribution < 1.29 is 4.42 Å². The van der Waals surface area contributed by atoms with Gasteiger partial charge >= 0.3 is 0 Å². The van der Waals surface area contributed by atoms with E-state index < -0.39 is 0 Å². The van der Waals surface area contributed by atoms with Crippen molar-refractivity contribution in [3.63, 3.8) is 0 Å². The van der Waals surface area contributed by atoms with Gasteiger partial charge in [-0.25, -0.2) is 0 Å². The summed E-state index contributed by atoms with van der Waals surface area (Å²) in [7, 11) is 0. The van der Waals surface area contributed by atoms with E-state index in [0.717, 1.165) is 29.9 Å². The van der Waals surface area contributed by atoms with Crippen LogP contribution < -0.4 is 10.2 Å². The van der Waals surface area contributed by atoms with E-state index in [0.29, 0.717) is 6.04 Å². The number of halogens is 1. The zero-order valence-corrected chi connectivity index (χ0v) is 14.5. The van der Waals surface area contributed by atoms with Crippen molar-refractivity contribution in [3.8, 4) is 0 Å². The lowest BCUT2D eigenvalue weighted by Gasteiger charge is -2.27. The molecule has 0 aliphatic heterocycles. The van der Waals surface area contributed by atoms with Crippen molar-refractivity contribution >= 4 is 21.6 Å². The van der Waals surface area contributed by atoms with Crippen molar-refractivity contribution in [1.29, 1.82) is 0 Å². The van der Waals surface area contributed by atoms with Crippen molar-refractivity contribution in [1.82, 2.24) is 5.32 Å². The molecule has 114 valence electrons. The maximum absolute atomic E-state index is 5.49. The number of anilines is 1. The third kappa shape index (κ3) is 4.11.